The molecular weight excluding hydrogens is 829 g/mol. The SMILES string of the molecule is CC/C=C\C/C=C\C/C=C\C/C=C\C/C=C\CCCC(=O)OC(COC(=O)CCCCCCCCC)COC(=O)CCCCCCCCCCCCCCCCCCCCCCCCCCC. The van der Waals surface area contributed by atoms with Crippen molar-refractivity contribution in [1.82, 2.24) is 0 Å². The van der Waals surface area contributed by atoms with Crippen molar-refractivity contribution in [2.24, 2.45) is 0 Å². The Morgan fingerprint density at radius 2 is 0.582 bits per heavy atom. The molecule has 0 N–H and O–H groups in total. The Kier molecular flexibility index (Phi) is 53.3. The van der Waals surface area contributed by atoms with Crippen molar-refractivity contribution >= 4 is 17.9 Å². The summed E-state index contributed by atoms with van der Waals surface area (Å²) in [6.07, 6.45) is 69.7. The fraction of sp³-hybridized carbons (Fsp3) is 0.787. The molecule has 6 heteroatoms. The average Bonchev–Trinajstić information content (AvgIpc) is 3.33. The normalized spacial score (nSPS) is 12.5. The Morgan fingerprint density at radius 1 is 0.313 bits per heavy atom. The molecule has 0 aromatic heterocycles. The lowest BCUT2D eigenvalue weighted by atomic mass is 10.0. The van der Waals surface area contributed by atoms with Crippen molar-refractivity contribution in [1.29, 1.82) is 0 Å². The Labute approximate surface area is 415 Å². The fourth-order valence-electron chi connectivity index (χ4n) is 8.24. The van der Waals surface area contributed by atoms with Crippen LogP contribution in [0.15, 0.2) is 60.8 Å². The summed E-state index contributed by atoms with van der Waals surface area (Å²) in [6, 6.07) is 0. The van der Waals surface area contributed by atoms with E-state index in [9.17, 15) is 14.4 Å². The third-order valence-electron chi connectivity index (χ3n) is 12.5. The van der Waals surface area contributed by atoms with Gasteiger partial charge in [0.1, 0.15) is 13.2 Å². The molecule has 0 saturated carbocycles. The molecule has 0 aromatic rings. The van der Waals surface area contributed by atoms with Crippen LogP contribution in [0.3, 0.4) is 0 Å². The molecular formula is C61H108O6. The number of rotatable bonds is 52. The number of hydrogen-bond donors (Lipinski definition) is 0. The highest BCUT2D eigenvalue weighted by atomic mass is 16.6. The van der Waals surface area contributed by atoms with E-state index in [1.807, 2.05) is 0 Å². The highest BCUT2D eigenvalue weighted by Crippen LogP contribution is 2.17. The molecule has 0 bridgehead atoms. The Balaban J connectivity index is 4.17. The number of hydrogen-bond acceptors (Lipinski definition) is 6. The number of carbonyl (C=O) groups is 3. The molecule has 0 aliphatic heterocycles. The van der Waals surface area contributed by atoms with E-state index in [-0.39, 0.29) is 37.5 Å². The Morgan fingerprint density at radius 3 is 0.896 bits per heavy atom. The highest BCUT2D eigenvalue weighted by molar-refractivity contribution is 5.71. The summed E-state index contributed by atoms with van der Waals surface area (Å²) < 4.78 is 16.7. The van der Waals surface area contributed by atoms with Crippen LogP contribution in [0.2, 0.25) is 0 Å². The molecule has 1 unspecified atom stereocenters. The zero-order chi connectivity index (χ0) is 48.6. The van der Waals surface area contributed by atoms with Crippen molar-refractivity contribution in [2.45, 2.75) is 297 Å². The quantitative estimate of drug-likeness (QED) is 0.0262. The van der Waals surface area contributed by atoms with Crippen LogP contribution >= 0.6 is 0 Å². The van der Waals surface area contributed by atoms with Crippen LogP contribution < -0.4 is 0 Å². The molecule has 0 spiro atoms. The van der Waals surface area contributed by atoms with E-state index in [1.165, 1.54) is 167 Å². The maximum absolute atomic E-state index is 12.8. The van der Waals surface area contributed by atoms with Crippen LogP contribution in [0.1, 0.15) is 290 Å². The summed E-state index contributed by atoms with van der Waals surface area (Å²) in [5.41, 5.74) is 0. The number of carbonyl (C=O) groups excluding carboxylic acids is 3. The van der Waals surface area contributed by atoms with Gasteiger partial charge in [0, 0.05) is 19.3 Å². The average molecular weight is 938 g/mol. The minimum absolute atomic E-state index is 0.0938. The van der Waals surface area contributed by atoms with Crippen LogP contribution in [-0.2, 0) is 28.6 Å². The minimum atomic E-state index is -0.799. The molecule has 1 atom stereocenters. The molecule has 0 radical (unpaired) electrons. The molecule has 0 aromatic carbocycles. The monoisotopic (exact) mass is 937 g/mol. The number of ether oxygens (including phenoxy) is 3. The van der Waals surface area contributed by atoms with E-state index in [0.29, 0.717) is 19.3 Å². The Hall–Kier alpha value is -2.89. The first-order valence-electron chi connectivity index (χ1n) is 28.8. The van der Waals surface area contributed by atoms with Crippen LogP contribution in [0, 0.1) is 0 Å². The van der Waals surface area contributed by atoms with E-state index in [0.717, 1.165) is 77.0 Å². The van der Waals surface area contributed by atoms with Gasteiger partial charge in [0.05, 0.1) is 0 Å². The molecule has 0 aliphatic rings. The van der Waals surface area contributed by atoms with Crippen molar-refractivity contribution in [3.05, 3.63) is 60.8 Å². The smallest absolute Gasteiger partial charge is 0.306 e. The maximum Gasteiger partial charge on any atom is 0.306 e. The van der Waals surface area contributed by atoms with Gasteiger partial charge in [-0.3, -0.25) is 14.4 Å². The second kappa shape index (κ2) is 55.7. The topological polar surface area (TPSA) is 78.9 Å². The lowest BCUT2D eigenvalue weighted by Crippen LogP contribution is -2.30. The first kappa shape index (κ1) is 64.1. The Bertz CT molecular complexity index is 1210. The predicted octanol–water partition coefficient (Wildman–Crippen LogP) is 19.2. The van der Waals surface area contributed by atoms with Gasteiger partial charge in [0.15, 0.2) is 6.10 Å². The fourth-order valence-corrected chi connectivity index (χ4v) is 8.24. The van der Waals surface area contributed by atoms with Crippen molar-refractivity contribution in [3.63, 3.8) is 0 Å². The summed E-state index contributed by atoms with van der Waals surface area (Å²) in [4.78, 5) is 37.9. The second-order valence-corrected chi connectivity index (χ2v) is 19.2. The molecule has 0 aliphatic carbocycles. The van der Waals surface area contributed by atoms with E-state index in [2.05, 4.69) is 81.5 Å². The van der Waals surface area contributed by atoms with Gasteiger partial charge in [-0.05, 0) is 57.8 Å². The molecule has 0 heterocycles. The maximum atomic E-state index is 12.8. The van der Waals surface area contributed by atoms with Gasteiger partial charge in [-0.15, -0.1) is 0 Å². The van der Waals surface area contributed by atoms with Gasteiger partial charge in [-0.2, -0.15) is 0 Å². The lowest BCUT2D eigenvalue weighted by molar-refractivity contribution is -0.167. The van der Waals surface area contributed by atoms with Gasteiger partial charge in [-0.25, -0.2) is 0 Å². The van der Waals surface area contributed by atoms with Gasteiger partial charge >= 0.3 is 17.9 Å². The van der Waals surface area contributed by atoms with E-state index < -0.39 is 6.10 Å². The predicted molar refractivity (Wildman–Crippen MR) is 288 cm³/mol. The molecule has 0 rings (SSSR count). The molecule has 0 fully saturated rings. The summed E-state index contributed by atoms with van der Waals surface area (Å²) in [5, 5.41) is 0. The summed E-state index contributed by atoms with van der Waals surface area (Å²) in [6.45, 7) is 6.46. The van der Waals surface area contributed by atoms with Gasteiger partial charge in [0.2, 0.25) is 0 Å². The van der Waals surface area contributed by atoms with Crippen LogP contribution in [0.5, 0.6) is 0 Å². The van der Waals surface area contributed by atoms with Gasteiger partial charge < -0.3 is 14.2 Å². The summed E-state index contributed by atoms with van der Waals surface area (Å²) in [5.74, 6) is -0.950. The van der Waals surface area contributed by atoms with Crippen molar-refractivity contribution in [3.8, 4) is 0 Å². The van der Waals surface area contributed by atoms with Crippen LogP contribution in [0.25, 0.3) is 0 Å². The zero-order valence-electron chi connectivity index (χ0n) is 44.4. The molecule has 0 saturated heterocycles. The van der Waals surface area contributed by atoms with Crippen molar-refractivity contribution in [2.75, 3.05) is 13.2 Å². The number of allylic oxidation sites excluding steroid dienone is 10. The van der Waals surface area contributed by atoms with Gasteiger partial charge in [0.25, 0.3) is 0 Å². The number of esters is 3. The first-order chi connectivity index (χ1) is 33.0. The lowest BCUT2D eigenvalue weighted by Gasteiger charge is -2.18. The third-order valence-corrected chi connectivity index (χ3v) is 12.5. The molecule has 0 amide bonds. The summed E-state index contributed by atoms with van der Waals surface area (Å²) in [7, 11) is 0. The first-order valence-corrected chi connectivity index (χ1v) is 28.8. The van der Waals surface area contributed by atoms with Crippen molar-refractivity contribution < 1.29 is 28.6 Å². The zero-order valence-corrected chi connectivity index (χ0v) is 44.4. The highest BCUT2D eigenvalue weighted by Gasteiger charge is 2.19. The number of unbranched alkanes of at least 4 members (excludes halogenated alkanes) is 31. The molecule has 67 heavy (non-hydrogen) atoms. The van der Waals surface area contributed by atoms with Crippen LogP contribution in [-0.4, -0.2) is 37.2 Å². The van der Waals surface area contributed by atoms with Gasteiger partial charge in [-0.1, -0.05) is 274 Å². The second-order valence-electron chi connectivity index (χ2n) is 19.2. The molecule has 388 valence electrons. The third kappa shape index (κ3) is 53.9. The minimum Gasteiger partial charge on any atom is -0.462 e. The standard InChI is InChI=1S/C61H108O6/c1-4-7-10-13-16-18-20-22-24-26-27-28-29-30-31-32-33-35-36-38-40-42-45-48-51-54-60(63)66-57-58(56-65-59(62)53-50-47-44-15-12-9-6-3)67-61(64)55-52-49-46-43-41-39-37-34-25-23-21-19-17-14-11-8-5-2/h8,11,17,19,23,25,37,39,43,46,58H,4-7,9-10,12-16,18,20-22,24,26-36,38,40-42,44-45,47-57H2,1-3H3/b11-8-,19-17-,25-23-,39-37-,46-43-. The van der Waals surface area contributed by atoms with E-state index in [1.54, 1.807) is 0 Å². The van der Waals surface area contributed by atoms with E-state index >= 15 is 0 Å². The van der Waals surface area contributed by atoms with E-state index in [4.69, 9.17) is 14.2 Å². The summed E-state index contributed by atoms with van der Waals surface area (Å²) >= 11 is 0. The largest absolute Gasteiger partial charge is 0.462 e. The van der Waals surface area contributed by atoms with Crippen LogP contribution in [0.4, 0.5) is 0 Å². The molecule has 6 nitrogen and oxygen atoms in total.